The third kappa shape index (κ3) is 4.70. The molecule has 0 N–H and O–H groups in total. The van der Waals surface area contributed by atoms with Crippen LogP contribution in [0.1, 0.15) is 32.6 Å². The summed E-state index contributed by atoms with van der Waals surface area (Å²) in [6, 6.07) is 9.26. The number of likely N-dealkylation sites (N-methyl/N-ethyl adjacent to an activating group) is 1. The van der Waals surface area contributed by atoms with Crippen molar-refractivity contribution < 1.29 is 17.7 Å². The monoisotopic (exact) mass is 417 g/mol. The Kier molecular flexibility index (Phi) is 6.12. The molecule has 154 valence electrons. The van der Waals surface area contributed by atoms with Crippen molar-refractivity contribution in [1.82, 2.24) is 19.3 Å². The molecule has 0 saturated heterocycles. The van der Waals surface area contributed by atoms with Crippen LogP contribution in [0.25, 0.3) is 17.0 Å². The minimum absolute atomic E-state index is 0.136. The van der Waals surface area contributed by atoms with Gasteiger partial charge in [-0.3, -0.25) is 4.79 Å². The van der Waals surface area contributed by atoms with Crippen LogP contribution in [-0.4, -0.2) is 59.5 Å². The van der Waals surface area contributed by atoms with Gasteiger partial charge in [0.15, 0.2) is 0 Å². The predicted octanol–water partition coefficient (Wildman–Crippen LogP) is 2.36. The van der Waals surface area contributed by atoms with Crippen molar-refractivity contribution in [2.24, 2.45) is 4.40 Å². The highest BCUT2D eigenvalue weighted by molar-refractivity contribution is 7.88. The van der Waals surface area contributed by atoms with E-state index in [0.29, 0.717) is 17.9 Å². The van der Waals surface area contributed by atoms with Gasteiger partial charge in [0.1, 0.15) is 6.54 Å². The second kappa shape index (κ2) is 8.56. The van der Waals surface area contributed by atoms with E-state index in [1.165, 1.54) is 11.1 Å². The zero-order chi connectivity index (χ0) is 21.0. The molecule has 0 fully saturated rings. The highest BCUT2D eigenvalue weighted by Crippen LogP contribution is 2.25. The minimum atomic E-state index is -4.00. The van der Waals surface area contributed by atoms with Crippen LogP contribution in [0.2, 0.25) is 0 Å². The first-order valence-corrected chi connectivity index (χ1v) is 10.7. The first-order valence-electron chi connectivity index (χ1n) is 9.26. The van der Waals surface area contributed by atoms with E-state index in [2.05, 4.69) is 14.5 Å². The van der Waals surface area contributed by atoms with E-state index in [9.17, 15) is 13.2 Å². The first kappa shape index (κ1) is 20.7. The maximum absolute atomic E-state index is 12.4. The van der Waals surface area contributed by atoms with Gasteiger partial charge in [-0.15, -0.1) is 4.40 Å². The average Bonchev–Trinajstić information content (AvgIpc) is 3.18. The number of carbonyl (C=O) groups is 1. The number of hydrogen-bond donors (Lipinski definition) is 0. The summed E-state index contributed by atoms with van der Waals surface area (Å²) in [7, 11) is -2.35. The van der Waals surface area contributed by atoms with Crippen molar-refractivity contribution in [3.8, 4) is 11.4 Å². The number of aromatic nitrogens is 2. The van der Waals surface area contributed by atoms with E-state index in [1.54, 1.807) is 14.0 Å². The number of rotatable bonds is 7. The Labute approximate surface area is 169 Å². The number of amides is 1. The van der Waals surface area contributed by atoms with Crippen molar-refractivity contribution in [2.45, 2.75) is 26.7 Å². The van der Waals surface area contributed by atoms with Crippen LogP contribution < -0.4 is 0 Å². The molecule has 2 aromatic rings. The second-order valence-corrected chi connectivity index (χ2v) is 8.25. The summed E-state index contributed by atoms with van der Waals surface area (Å²) in [5.74, 6) is 0.198. The molecular weight excluding hydrogens is 394 g/mol. The molecule has 0 aliphatic carbocycles. The fourth-order valence-corrected chi connectivity index (χ4v) is 3.79. The fourth-order valence-electron chi connectivity index (χ4n) is 2.73. The molecule has 0 bridgehead atoms. The Bertz CT molecular complexity index is 1040. The molecule has 29 heavy (non-hydrogen) atoms. The molecule has 0 unspecified atom stereocenters. The van der Waals surface area contributed by atoms with E-state index in [-0.39, 0.29) is 24.1 Å². The highest BCUT2D eigenvalue weighted by Gasteiger charge is 2.30. The fraction of sp³-hybridized carbons (Fsp3) is 0.368. The SMILES string of the molecule is CCCCN(C)C(=O)CN1C=C(c2nc(-c3ccccc3)no2)C(C)=NS1(=O)=O. The van der Waals surface area contributed by atoms with Crippen LogP contribution in [0, 0.1) is 0 Å². The van der Waals surface area contributed by atoms with Crippen LogP contribution in [0.4, 0.5) is 0 Å². The van der Waals surface area contributed by atoms with Gasteiger partial charge in [-0.05, 0) is 13.3 Å². The van der Waals surface area contributed by atoms with Crippen LogP contribution in [0.5, 0.6) is 0 Å². The standard InChI is InChI=1S/C19H23N5O4S/c1-4-5-11-23(3)17(25)13-24-12-16(14(2)22-29(24,26)27)19-20-18(21-28-19)15-9-7-6-8-10-15/h6-10,12H,4-5,11,13H2,1-3H3. The molecular formula is C19H23N5O4S. The third-order valence-corrected chi connectivity index (χ3v) is 5.80. The number of hydrogen-bond acceptors (Lipinski definition) is 6. The smallest absolute Gasteiger partial charge is 0.344 e. The van der Waals surface area contributed by atoms with E-state index in [4.69, 9.17) is 4.52 Å². The van der Waals surface area contributed by atoms with Gasteiger partial charge < -0.3 is 9.42 Å². The van der Waals surface area contributed by atoms with Crippen molar-refractivity contribution in [3.05, 3.63) is 42.4 Å². The van der Waals surface area contributed by atoms with E-state index in [1.807, 2.05) is 37.3 Å². The lowest BCUT2D eigenvalue weighted by Gasteiger charge is -2.25. The largest absolute Gasteiger partial charge is 0.344 e. The molecule has 0 atom stereocenters. The molecule has 0 spiro atoms. The van der Waals surface area contributed by atoms with Gasteiger partial charge in [-0.25, -0.2) is 4.31 Å². The van der Waals surface area contributed by atoms with Crippen molar-refractivity contribution in [1.29, 1.82) is 0 Å². The highest BCUT2D eigenvalue weighted by atomic mass is 32.2. The Hall–Kier alpha value is -3.01. The third-order valence-electron chi connectivity index (χ3n) is 4.46. The number of unbranched alkanes of at least 4 members (excludes halogenated alkanes) is 1. The summed E-state index contributed by atoms with van der Waals surface area (Å²) in [6.45, 7) is 3.78. The van der Waals surface area contributed by atoms with E-state index in [0.717, 1.165) is 22.7 Å². The van der Waals surface area contributed by atoms with Gasteiger partial charge in [0.05, 0.1) is 11.3 Å². The summed E-state index contributed by atoms with van der Waals surface area (Å²) >= 11 is 0. The first-order chi connectivity index (χ1) is 13.8. The van der Waals surface area contributed by atoms with Crippen LogP contribution >= 0.6 is 0 Å². The Morgan fingerprint density at radius 2 is 1.97 bits per heavy atom. The van der Waals surface area contributed by atoms with Gasteiger partial charge in [0.25, 0.3) is 5.89 Å². The molecule has 0 saturated carbocycles. The molecule has 1 aliphatic heterocycles. The molecule has 1 amide bonds. The minimum Gasteiger partial charge on any atom is -0.344 e. The lowest BCUT2D eigenvalue weighted by Crippen LogP contribution is -2.40. The molecule has 9 nitrogen and oxygen atoms in total. The van der Waals surface area contributed by atoms with Crippen molar-refractivity contribution in [3.63, 3.8) is 0 Å². The molecule has 1 aromatic carbocycles. The second-order valence-electron chi connectivity index (χ2n) is 6.70. The summed E-state index contributed by atoms with van der Waals surface area (Å²) in [4.78, 5) is 18.3. The van der Waals surface area contributed by atoms with Crippen LogP contribution in [-0.2, 0) is 15.0 Å². The van der Waals surface area contributed by atoms with Crippen LogP contribution in [0.3, 0.4) is 0 Å². The maximum Gasteiger partial charge on any atom is 0.344 e. The van der Waals surface area contributed by atoms with Gasteiger partial charge in [-0.1, -0.05) is 48.8 Å². The Morgan fingerprint density at radius 3 is 2.66 bits per heavy atom. The normalized spacial score (nSPS) is 15.6. The van der Waals surface area contributed by atoms with Crippen molar-refractivity contribution in [2.75, 3.05) is 20.1 Å². The zero-order valence-electron chi connectivity index (χ0n) is 16.6. The quantitative estimate of drug-likeness (QED) is 0.684. The van der Waals surface area contributed by atoms with E-state index >= 15 is 0 Å². The topological polar surface area (TPSA) is 109 Å². The van der Waals surface area contributed by atoms with Crippen LogP contribution in [0.15, 0.2) is 45.5 Å². The predicted molar refractivity (Wildman–Crippen MR) is 109 cm³/mol. The number of benzene rings is 1. The maximum atomic E-state index is 12.4. The molecule has 1 aromatic heterocycles. The lowest BCUT2D eigenvalue weighted by atomic mass is 10.2. The molecule has 10 heteroatoms. The lowest BCUT2D eigenvalue weighted by molar-refractivity contribution is -0.129. The average molecular weight is 417 g/mol. The molecule has 1 aliphatic rings. The molecule has 2 heterocycles. The Balaban J connectivity index is 1.86. The molecule has 3 rings (SSSR count). The summed E-state index contributed by atoms with van der Waals surface area (Å²) in [5.41, 5.74) is 1.35. The van der Waals surface area contributed by atoms with Crippen molar-refractivity contribution >= 4 is 27.4 Å². The summed E-state index contributed by atoms with van der Waals surface area (Å²) in [5, 5.41) is 3.96. The Morgan fingerprint density at radius 1 is 1.24 bits per heavy atom. The summed E-state index contributed by atoms with van der Waals surface area (Å²) < 4.78 is 34.8. The number of carbonyl (C=O) groups excluding carboxylic acids is 1. The molecule has 0 radical (unpaired) electrons. The number of nitrogens with zero attached hydrogens (tertiary/aromatic N) is 5. The summed E-state index contributed by atoms with van der Waals surface area (Å²) in [6.07, 6.45) is 3.11. The zero-order valence-corrected chi connectivity index (χ0v) is 17.4. The van der Waals surface area contributed by atoms with Gasteiger partial charge in [-0.2, -0.15) is 13.4 Å². The van der Waals surface area contributed by atoms with Gasteiger partial charge in [0.2, 0.25) is 11.7 Å². The number of allylic oxidation sites excluding steroid dienone is 1. The van der Waals surface area contributed by atoms with E-state index < -0.39 is 10.2 Å². The van der Waals surface area contributed by atoms with Gasteiger partial charge in [0, 0.05) is 25.4 Å². The van der Waals surface area contributed by atoms with Gasteiger partial charge >= 0.3 is 10.2 Å².